The summed E-state index contributed by atoms with van der Waals surface area (Å²) in [6, 6.07) is 6.48. The van der Waals surface area contributed by atoms with Crippen LogP contribution in [0.25, 0.3) is 0 Å². The molecular formula is C17H21N3O2. The molecule has 1 N–H and O–H groups in total. The summed E-state index contributed by atoms with van der Waals surface area (Å²) in [7, 11) is 0. The first-order valence-electron chi connectivity index (χ1n) is 7.81. The summed E-state index contributed by atoms with van der Waals surface area (Å²) in [5, 5.41) is 10.7. The molecule has 3 rings (SSSR count). The van der Waals surface area contributed by atoms with E-state index in [1.165, 1.54) is 11.1 Å². The fourth-order valence-corrected chi connectivity index (χ4v) is 2.98. The topological polar surface area (TPSA) is 68.0 Å². The average Bonchev–Trinajstić information content (AvgIpc) is 3.13. The van der Waals surface area contributed by atoms with Crippen molar-refractivity contribution in [3.05, 3.63) is 40.8 Å². The molecule has 0 unspecified atom stereocenters. The minimum absolute atomic E-state index is 0.000725. The van der Waals surface area contributed by atoms with Gasteiger partial charge in [-0.2, -0.15) is 0 Å². The lowest BCUT2D eigenvalue weighted by atomic mass is 10.0. The maximum atomic E-state index is 12.0. The second-order valence-corrected chi connectivity index (χ2v) is 6.08. The molecule has 0 atom stereocenters. The molecule has 0 saturated heterocycles. The standard InChI is InChI=1S/C17H21N3O2/c1-11-7-8-14(12(2)9-11)10-15-19-20-17(22-15)18-16(21)13-5-3-4-6-13/h7-9,13H,3-6,10H2,1-2H3,(H,18,20,21). The number of rotatable bonds is 4. The lowest BCUT2D eigenvalue weighted by molar-refractivity contribution is -0.119. The van der Waals surface area contributed by atoms with Gasteiger partial charge < -0.3 is 4.42 Å². The Hall–Kier alpha value is -2.17. The summed E-state index contributed by atoms with van der Waals surface area (Å²) < 4.78 is 5.55. The number of carbonyl (C=O) groups excluding carboxylic acids is 1. The van der Waals surface area contributed by atoms with Crippen molar-refractivity contribution in [1.82, 2.24) is 10.2 Å². The van der Waals surface area contributed by atoms with Gasteiger partial charge in [0, 0.05) is 5.92 Å². The second-order valence-electron chi connectivity index (χ2n) is 6.08. The molecule has 0 aliphatic heterocycles. The number of aryl methyl sites for hydroxylation is 2. The van der Waals surface area contributed by atoms with Crippen LogP contribution >= 0.6 is 0 Å². The summed E-state index contributed by atoms with van der Waals surface area (Å²) in [6.45, 7) is 4.14. The molecular weight excluding hydrogens is 278 g/mol. The summed E-state index contributed by atoms with van der Waals surface area (Å²) in [5.41, 5.74) is 3.59. The van der Waals surface area contributed by atoms with Gasteiger partial charge in [-0.25, -0.2) is 0 Å². The van der Waals surface area contributed by atoms with Gasteiger partial charge in [-0.05, 0) is 37.8 Å². The number of carbonyl (C=O) groups is 1. The number of hydrogen-bond donors (Lipinski definition) is 1. The quantitative estimate of drug-likeness (QED) is 0.939. The Bertz CT molecular complexity index is 672. The van der Waals surface area contributed by atoms with Crippen molar-refractivity contribution < 1.29 is 9.21 Å². The van der Waals surface area contributed by atoms with E-state index in [1.807, 2.05) is 0 Å². The van der Waals surface area contributed by atoms with E-state index in [2.05, 4.69) is 47.6 Å². The van der Waals surface area contributed by atoms with Crippen molar-refractivity contribution in [3.8, 4) is 0 Å². The molecule has 1 heterocycles. The molecule has 1 aliphatic rings. The molecule has 0 bridgehead atoms. The fourth-order valence-electron chi connectivity index (χ4n) is 2.98. The van der Waals surface area contributed by atoms with Crippen LogP contribution in [0.3, 0.4) is 0 Å². The molecule has 1 aromatic carbocycles. The van der Waals surface area contributed by atoms with Gasteiger partial charge >= 0.3 is 6.01 Å². The van der Waals surface area contributed by atoms with Gasteiger partial charge in [0.2, 0.25) is 11.8 Å². The van der Waals surface area contributed by atoms with Gasteiger partial charge in [-0.1, -0.05) is 41.7 Å². The third-order valence-corrected chi connectivity index (χ3v) is 4.26. The normalized spacial score (nSPS) is 15.2. The number of nitrogens with zero attached hydrogens (tertiary/aromatic N) is 2. The zero-order chi connectivity index (χ0) is 15.5. The van der Waals surface area contributed by atoms with Gasteiger partial charge in [-0.15, -0.1) is 5.10 Å². The second kappa shape index (κ2) is 6.30. The SMILES string of the molecule is Cc1ccc(Cc2nnc(NC(=O)C3CCCC3)o2)c(C)c1. The van der Waals surface area contributed by atoms with E-state index in [9.17, 15) is 4.79 Å². The van der Waals surface area contributed by atoms with Crippen molar-refractivity contribution in [2.24, 2.45) is 5.92 Å². The first kappa shape index (κ1) is 14.8. The van der Waals surface area contributed by atoms with Crippen LogP contribution in [0.4, 0.5) is 6.01 Å². The van der Waals surface area contributed by atoms with E-state index in [-0.39, 0.29) is 17.8 Å². The summed E-state index contributed by atoms with van der Waals surface area (Å²) in [6.07, 6.45) is 4.74. The highest BCUT2D eigenvalue weighted by Gasteiger charge is 2.24. The lowest BCUT2D eigenvalue weighted by Gasteiger charge is -2.06. The minimum atomic E-state index is -0.000725. The highest BCUT2D eigenvalue weighted by atomic mass is 16.4. The number of hydrogen-bond acceptors (Lipinski definition) is 4. The zero-order valence-corrected chi connectivity index (χ0v) is 13.1. The summed E-state index contributed by atoms with van der Waals surface area (Å²) in [5.74, 6) is 0.614. The third kappa shape index (κ3) is 3.35. The van der Waals surface area contributed by atoms with E-state index >= 15 is 0 Å². The van der Waals surface area contributed by atoms with Crippen LogP contribution in [0.1, 0.15) is 48.3 Å². The van der Waals surface area contributed by atoms with Crippen molar-refractivity contribution >= 4 is 11.9 Å². The largest absolute Gasteiger partial charge is 0.407 e. The molecule has 1 aliphatic carbocycles. The predicted octanol–water partition coefficient (Wildman–Crippen LogP) is 3.41. The van der Waals surface area contributed by atoms with Crippen LogP contribution in [-0.2, 0) is 11.2 Å². The molecule has 1 amide bonds. The van der Waals surface area contributed by atoms with E-state index in [0.29, 0.717) is 12.3 Å². The monoisotopic (exact) mass is 299 g/mol. The number of amides is 1. The van der Waals surface area contributed by atoms with E-state index in [4.69, 9.17) is 4.42 Å². The highest BCUT2D eigenvalue weighted by Crippen LogP contribution is 2.26. The maximum absolute atomic E-state index is 12.0. The van der Waals surface area contributed by atoms with Crippen LogP contribution in [0.15, 0.2) is 22.6 Å². The Labute approximate surface area is 130 Å². The highest BCUT2D eigenvalue weighted by molar-refractivity contribution is 5.90. The minimum Gasteiger partial charge on any atom is -0.407 e. The van der Waals surface area contributed by atoms with Gasteiger partial charge in [0.25, 0.3) is 0 Å². The van der Waals surface area contributed by atoms with Gasteiger partial charge in [0.15, 0.2) is 0 Å². The van der Waals surface area contributed by atoms with Crippen LogP contribution in [0.5, 0.6) is 0 Å². The average molecular weight is 299 g/mol. The maximum Gasteiger partial charge on any atom is 0.322 e. The Morgan fingerprint density at radius 2 is 2.05 bits per heavy atom. The van der Waals surface area contributed by atoms with Gasteiger partial charge in [0.05, 0.1) is 6.42 Å². The lowest BCUT2D eigenvalue weighted by Crippen LogP contribution is -2.20. The summed E-state index contributed by atoms with van der Waals surface area (Å²) >= 11 is 0. The van der Waals surface area contributed by atoms with Crippen molar-refractivity contribution in [1.29, 1.82) is 0 Å². The van der Waals surface area contributed by atoms with E-state index in [0.717, 1.165) is 31.2 Å². The van der Waals surface area contributed by atoms with Crippen LogP contribution in [0.2, 0.25) is 0 Å². The Morgan fingerprint density at radius 1 is 1.27 bits per heavy atom. The smallest absolute Gasteiger partial charge is 0.322 e. The number of aromatic nitrogens is 2. The third-order valence-electron chi connectivity index (χ3n) is 4.26. The first-order chi connectivity index (χ1) is 10.6. The molecule has 5 nitrogen and oxygen atoms in total. The molecule has 1 aromatic heterocycles. The number of nitrogens with one attached hydrogen (secondary N) is 1. The van der Waals surface area contributed by atoms with Crippen molar-refractivity contribution in [2.75, 3.05) is 5.32 Å². The molecule has 0 spiro atoms. The number of anilines is 1. The predicted molar refractivity (Wildman–Crippen MR) is 83.6 cm³/mol. The van der Waals surface area contributed by atoms with E-state index in [1.54, 1.807) is 0 Å². The molecule has 5 heteroatoms. The zero-order valence-electron chi connectivity index (χ0n) is 13.1. The first-order valence-corrected chi connectivity index (χ1v) is 7.81. The van der Waals surface area contributed by atoms with Crippen molar-refractivity contribution in [3.63, 3.8) is 0 Å². The Kier molecular flexibility index (Phi) is 4.22. The molecule has 22 heavy (non-hydrogen) atoms. The fraction of sp³-hybridized carbons (Fsp3) is 0.471. The molecule has 0 radical (unpaired) electrons. The Balaban J connectivity index is 1.64. The van der Waals surface area contributed by atoms with Crippen molar-refractivity contribution in [2.45, 2.75) is 46.0 Å². The van der Waals surface area contributed by atoms with Gasteiger partial charge in [-0.3, -0.25) is 10.1 Å². The van der Waals surface area contributed by atoms with Crippen LogP contribution in [0, 0.1) is 19.8 Å². The molecule has 1 fully saturated rings. The molecule has 1 saturated carbocycles. The van der Waals surface area contributed by atoms with Crippen LogP contribution in [-0.4, -0.2) is 16.1 Å². The van der Waals surface area contributed by atoms with Gasteiger partial charge in [0.1, 0.15) is 0 Å². The molecule has 2 aromatic rings. The molecule has 116 valence electrons. The number of benzene rings is 1. The van der Waals surface area contributed by atoms with E-state index < -0.39 is 0 Å². The van der Waals surface area contributed by atoms with Crippen LogP contribution < -0.4 is 5.32 Å². The Morgan fingerprint density at radius 3 is 2.77 bits per heavy atom. The summed E-state index contributed by atoms with van der Waals surface area (Å²) in [4.78, 5) is 12.0.